The van der Waals surface area contributed by atoms with E-state index in [9.17, 15) is 22.8 Å². The SMILES string of the molecule is O=C(NCC(F)(F)F)c1ccn(-c2ccc3nc(NC(=O)C4CC4)cn3n2)n1. The summed E-state index contributed by atoms with van der Waals surface area (Å²) < 4.78 is 39.3. The highest BCUT2D eigenvalue weighted by Crippen LogP contribution is 2.30. The second kappa shape index (κ2) is 6.62. The van der Waals surface area contributed by atoms with Gasteiger partial charge in [0, 0.05) is 12.1 Å². The van der Waals surface area contributed by atoms with Gasteiger partial charge in [-0.25, -0.2) is 14.2 Å². The summed E-state index contributed by atoms with van der Waals surface area (Å²) in [7, 11) is 0. The predicted molar refractivity (Wildman–Crippen MR) is 89.9 cm³/mol. The van der Waals surface area contributed by atoms with Gasteiger partial charge in [0.05, 0.1) is 6.20 Å². The molecule has 3 aromatic rings. The fourth-order valence-corrected chi connectivity index (χ4v) is 2.47. The summed E-state index contributed by atoms with van der Waals surface area (Å²) in [5, 5.41) is 12.7. The molecule has 0 aliphatic heterocycles. The molecule has 4 rings (SSSR count). The van der Waals surface area contributed by atoms with Crippen LogP contribution in [0.4, 0.5) is 19.0 Å². The Morgan fingerprint density at radius 3 is 2.68 bits per heavy atom. The fraction of sp³-hybridized carbons (Fsp3) is 0.312. The number of rotatable bonds is 5. The Kier molecular flexibility index (Phi) is 4.24. The number of carbonyl (C=O) groups is 2. The predicted octanol–water partition coefficient (Wildman–Crippen LogP) is 1.56. The normalized spacial score (nSPS) is 14.2. The van der Waals surface area contributed by atoms with Crippen LogP contribution < -0.4 is 10.6 Å². The van der Waals surface area contributed by atoms with Crippen molar-refractivity contribution in [3.8, 4) is 5.82 Å². The first-order valence-corrected chi connectivity index (χ1v) is 8.37. The second-order valence-corrected chi connectivity index (χ2v) is 6.33. The summed E-state index contributed by atoms with van der Waals surface area (Å²) in [5.41, 5.74) is 0.319. The molecule has 0 spiro atoms. The maximum atomic E-state index is 12.2. The number of hydrogen-bond acceptors (Lipinski definition) is 5. The summed E-state index contributed by atoms with van der Waals surface area (Å²) in [4.78, 5) is 27.8. The minimum atomic E-state index is -4.50. The zero-order valence-electron chi connectivity index (χ0n) is 14.3. The van der Waals surface area contributed by atoms with Gasteiger partial charge in [0.1, 0.15) is 6.54 Å². The van der Waals surface area contributed by atoms with Crippen LogP contribution >= 0.6 is 0 Å². The highest BCUT2D eigenvalue weighted by atomic mass is 19.4. The van der Waals surface area contributed by atoms with Crippen molar-refractivity contribution in [2.24, 2.45) is 5.92 Å². The largest absolute Gasteiger partial charge is 0.405 e. The minimum absolute atomic E-state index is 0.0410. The molecule has 1 aliphatic rings. The highest BCUT2D eigenvalue weighted by molar-refractivity contribution is 5.93. The van der Waals surface area contributed by atoms with Gasteiger partial charge in [-0.05, 0) is 31.0 Å². The van der Waals surface area contributed by atoms with E-state index in [1.165, 1.54) is 21.5 Å². The third-order valence-corrected chi connectivity index (χ3v) is 4.01. The zero-order valence-corrected chi connectivity index (χ0v) is 14.3. The molecule has 1 fully saturated rings. The molecule has 3 aromatic heterocycles. The maximum absolute atomic E-state index is 12.2. The standard InChI is InChI=1S/C16H14F3N7O2/c17-16(18,19)8-20-15(28)10-5-6-25(23-10)13-4-3-12-21-11(7-26(12)24-13)22-14(27)9-1-2-9/h3-7,9H,1-2,8H2,(H,20,28)(H,22,27). The molecule has 0 bridgehead atoms. The van der Waals surface area contributed by atoms with Gasteiger partial charge >= 0.3 is 6.18 Å². The van der Waals surface area contributed by atoms with E-state index in [1.807, 2.05) is 0 Å². The van der Waals surface area contributed by atoms with Crippen LogP contribution in [0.25, 0.3) is 11.5 Å². The molecule has 2 amide bonds. The number of amides is 2. The van der Waals surface area contributed by atoms with E-state index in [4.69, 9.17) is 0 Å². The van der Waals surface area contributed by atoms with Crippen molar-refractivity contribution in [1.29, 1.82) is 0 Å². The first-order chi connectivity index (χ1) is 13.3. The number of carbonyl (C=O) groups excluding carboxylic acids is 2. The van der Waals surface area contributed by atoms with E-state index in [0.717, 1.165) is 12.8 Å². The van der Waals surface area contributed by atoms with Crippen LogP contribution in [-0.2, 0) is 4.79 Å². The lowest BCUT2D eigenvalue weighted by Crippen LogP contribution is -2.34. The third kappa shape index (κ3) is 3.94. The van der Waals surface area contributed by atoms with Crippen molar-refractivity contribution >= 4 is 23.3 Å². The van der Waals surface area contributed by atoms with Crippen LogP contribution in [0.5, 0.6) is 0 Å². The van der Waals surface area contributed by atoms with E-state index in [1.54, 1.807) is 23.6 Å². The highest BCUT2D eigenvalue weighted by Gasteiger charge is 2.30. The molecular formula is C16H14F3N7O2. The molecule has 1 aliphatic carbocycles. The van der Waals surface area contributed by atoms with Crippen molar-refractivity contribution < 1.29 is 22.8 Å². The Morgan fingerprint density at radius 1 is 1.18 bits per heavy atom. The average Bonchev–Trinajstić information content (AvgIpc) is 3.23. The lowest BCUT2D eigenvalue weighted by molar-refractivity contribution is -0.123. The Labute approximate surface area is 155 Å². The average molecular weight is 393 g/mol. The molecule has 3 heterocycles. The van der Waals surface area contributed by atoms with Crippen LogP contribution in [-0.4, -0.2) is 48.9 Å². The van der Waals surface area contributed by atoms with E-state index >= 15 is 0 Å². The number of alkyl halides is 3. The number of halogens is 3. The molecule has 0 aromatic carbocycles. The minimum Gasteiger partial charge on any atom is -0.342 e. The molecule has 28 heavy (non-hydrogen) atoms. The molecule has 146 valence electrons. The number of aromatic nitrogens is 5. The second-order valence-electron chi connectivity index (χ2n) is 6.33. The van der Waals surface area contributed by atoms with Crippen LogP contribution in [0.2, 0.25) is 0 Å². The molecule has 9 nitrogen and oxygen atoms in total. The van der Waals surface area contributed by atoms with Gasteiger partial charge in [-0.2, -0.15) is 18.3 Å². The first-order valence-electron chi connectivity index (χ1n) is 8.37. The number of hydrogen-bond donors (Lipinski definition) is 2. The van der Waals surface area contributed by atoms with Gasteiger partial charge in [-0.15, -0.1) is 5.10 Å². The quantitative estimate of drug-likeness (QED) is 0.684. The van der Waals surface area contributed by atoms with E-state index in [0.29, 0.717) is 17.3 Å². The molecule has 0 atom stereocenters. The summed E-state index contributed by atoms with van der Waals surface area (Å²) in [5.74, 6) is -0.288. The van der Waals surface area contributed by atoms with Gasteiger partial charge in [0.15, 0.2) is 23.0 Å². The maximum Gasteiger partial charge on any atom is 0.405 e. The van der Waals surface area contributed by atoms with Crippen LogP contribution in [0.1, 0.15) is 23.3 Å². The summed E-state index contributed by atoms with van der Waals surface area (Å²) in [6.07, 6.45) is 0.196. The van der Waals surface area contributed by atoms with E-state index in [2.05, 4.69) is 20.5 Å². The third-order valence-electron chi connectivity index (χ3n) is 4.01. The zero-order chi connectivity index (χ0) is 19.9. The van der Waals surface area contributed by atoms with E-state index < -0.39 is 18.6 Å². The molecule has 1 saturated carbocycles. The molecule has 0 saturated heterocycles. The molecule has 0 radical (unpaired) electrons. The fourth-order valence-electron chi connectivity index (χ4n) is 2.47. The monoisotopic (exact) mass is 393 g/mol. The Morgan fingerprint density at radius 2 is 1.96 bits per heavy atom. The van der Waals surface area contributed by atoms with Gasteiger partial charge in [0.25, 0.3) is 5.91 Å². The topological polar surface area (TPSA) is 106 Å². The Bertz CT molecular complexity index is 1050. The van der Waals surface area contributed by atoms with Crippen molar-refractivity contribution in [2.45, 2.75) is 19.0 Å². The molecule has 2 N–H and O–H groups in total. The van der Waals surface area contributed by atoms with Gasteiger partial charge in [-0.3, -0.25) is 9.59 Å². The number of fused-ring (bicyclic) bond motifs is 1. The van der Waals surface area contributed by atoms with E-state index in [-0.39, 0.29) is 17.5 Å². The van der Waals surface area contributed by atoms with Gasteiger partial charge < -0.3 is 10.6 Å². The number of imidazole rings is 1. The summed E-state index contributed by atoms with van der Waals surface area (Å²) in [6.45, 7) is -1.44. The lowest BCUT2D eigenvalue weighted by atomic mass is 10.4. The van der Waals surface area contributed by atoms with Gasteiger partial charge in [-0.1, -0.05) is 0 Å². The number of nitrogens with one attached hydrogen (secondary N) is 2. The van der Waals surface area contributed by atoms with Crippen molar-refractivity contribution in [1.82, 2.24) is 29.7 Å². The summed E-state index contributed by atoms with van der Waals surface area (Å²) >= 11 is 0. The number of nitrogens with zero attached hydrogens (tertiary/aromatic N) is 5. The Balaban J connectivity index is 1.50. The molecule has 0 unspecified atom stereocenters. The lowest BCUT2D eigenvalue weighted by Gasteiger charge is -2.06. The van der Waals surface area contributed by atoms with Crippen LogP contribution in [0, 0.1) is 5.92 Å². The van der Waals surface area contributed by atoms with Crippen LogP contribution in [0.3, 0.4) is 0 Å². The number of anilines is 1. The summed E-state index contributed by atoms with van der Waals surface area (Å²) in [6, 6.07) is 4.51. The van der Waals surface area contributed by atoms with Crippen molar-refractivity contribution in [3.63, 3.8) is 0 Å². The van der Waals surface area contributed by atoms with Crippen LogP contribution in [0.15, 0.2) is 30.6 Å². The molecule has 12 heteroatoms. The first kappa shape index (κ1) is 17.9. The van der Waals surface area contributed by atoms with Crippen molar-refractivity contribution in [2.75, 3.05) is 11.9 Å². The smallest absolute Gasteiger partial charge is 0.342 e. The van der Waals surface area contributed by atoms with Crippen molar-refractivity contribution in [3.05, 3.63) is 36.3 Å². The molecular weight excluding hydrogens is 379 g/mol. The van der Waals surface area contributed by atoms with Gasteiger partial charge in [0.2, 0.25) is 5.91 Å². The Hall–Kier alpha value is -3.44.